The van der Waals surface area contributed by atoms with Gasteiger partial charge >= 0.3 is 17.9 Å². The third-order valence-electron chi connectivity index (χ3n) is 19.0. The van der Waals surface area contributed by atoms with E-state index in [1.165, 1.54) is 84.5 Å². The summed E-state index contributed by atoms with van der Waals surface area (Å²) < 4.78 is 28.1. The molecule has 1 amide bonds. The lowest BCUT2D eigenvalue weighted by atomic mass is 9.32. The van der Waals surface area contributed by atoms with Gasteiger partial charge in [-0.1, -0.05) is 54.9 Å². The first kappa shape index (κ1) is 50.1. The molecule has 5 saturated carbocycles. The number of ether oxygens (including phenoxy) is 5. The van der Waals surface area contributed by atoms with Crippen LogP contribution in [-0.4, -0.2) is 101 Å². The summed E-state index contributed by atoms with van der Waals surface area (Å²) in [5, 5.41) is 36.1. The monoisotopic (exact) mass is 890 g/mol. The van der Waals surface area contributed by atoms with Gasteiger partial charge < -0.3 is 44.3 Å². The highest BCUT2D eigenvalue weighted by molar-refractivity contribution is 5.73. The summed E-state index contributed by atoms with van der Waals surface area (Å²) in [6.45, 7) is 22.4. The second kappa shape index (κ2) is 19.1. The van der Waals surface area contributed by atoms with Crippen molar-refractivity contribution < 1.29 is 58.2 Å². The summed E-state index contributed by atoms with van der Waals surface area (Å²) in [7, 11) is 0. The number of aliphatic hydroxyl groups is 3. The first-order valence-electron chi connectivity index (χ1n) is 24.5. The van der Waals surface area contributed by atoms with E-state index in [9.17, 15) is 34.5 Å². The molecule has 360 valence electrons. The van der Waals surface area contributed by atoms with Gasteiger partial charge in [0, 0.05) is 27.7 Å². The Bertz CT molecular complexity index is 1660. The number of rotatable bonds is 15. The van der Waals surface area contributed by atoms with Crippen molar-refractivity contribution in [1.82, 2.24) is 5.32 Å². The molecule has 5 aliphatic carbocycles. The van der Waals surface area contributed by atoms with Gasteiger partial charge in [-0.2, -0.15) is 0 Å². The summed E-state index contributed by atoms with van der Waals surface area (Å²) >= 11 is 0. The summed E-state index contributed by atoms with van der Waals surface area (Å²) in [6, 6.07) is -1.15. The highest BCUT2D eigenvalue weighted by Gasteiger charge is 2.70. The average Bonchev–Trinajstić information content (AvgIpc) is 3.54. The van der Waals surface area contributed by atoms with E-state index < -0.39 is 72.8 Å². The molecule has 13 nitrogen and oxygen atoms in total. The molecular weight excluding hydrogens is 807 g/mol. The summed E-state index contributed by atoms with van der Waals surface area (Å²) in [6.07, 6.45) is 6.73. The maximum Gasteiger partial charge on any atom is 0.303 e. The minimum absolute atomic E-state index is 0.0960. The van der Waals surface area contributed by atoms with Gasteiger partial charge in [-0.25, -0.2) is 0 Å². The lowest BCUT2D eigenvalue weighted by Crippen LogP contribution is -2.66. The lowest BCUT2D eigenvalue weighted by Gasteiger charge is -2.73. The van der Waals surface area contributed by atoms with E-state index in [4.69, 9.17) is 23.7 Å². The quantitative estimate of drug-likeness (QED) is 0.0973. The Labute approximate surface area is 377 Å². The zero-order chi connectivity index (χ0) is 46.4. The van der Waals surface area contributed by atoms with Crippen molar-refractivity contribution in [3.05, 3.63) is 0 Å². The number of fused-ring (bicyclic) bond motifs is 7. The topological polar surface area (TPSA) is 187 Å². The van der Waals surface area contributed by atoms with Crippen LogP contribution in [0.4, 0.5) is 0 Å². The lowest BCUT2D eigenvalue weighted by molar-refractivity contribution is -0.278. The average molecular weight is 890 g/mol. The van der Waals surface area contributed by atoms with E-state index in [1.54, 1.807) is 0 Å². The van der Waals surface area contributed by atoms with Gasteiger partial charge in [0.25, 0.3) is 0 Å². The Balaban J connectivity index is 1.04. The van der Waals surface area contributed by atoms with Crippen molar-refractivity contribution in [2.45, 2.75) is 215 Å². The fourth-order valence-corrected chi connectivity index (χ4v) is 16.0. The molecule has 4 N–H and O–H groups in total. The number of esters is 3. The zero-order valence-electron chi connectivity index (χ0n) is 40.4. The first-order chi connectivity index (χ1) is 29.4. The Morgan fingerprint density at radius 1 is 0.683 bits per heavy atom. The molecule has 0 radical (unpaired) electrons. The Morgan fingerprint density at radius 3 is 1.90 bits per heavy atom. The van der Waals surface area contributed by atoms with Crippen molar-refractivity contribution in [2.24, 2.45) is 62.6 Å². The summed E-state index contributed by atoms with van der Waals surface area (Å²) in [5.74, 6) is 1.34. The molecule has 0 aromatic rings. The molecule has 0 aromatic carbocycles. The molecule has 63 heavy (non-hydrogen) atoms. The molecule has 1 unspecified atom stereocenters. The summed E-state index contributed by atoms with van der Waals surface area (Å²) in [4.78, 5) is 48.2. The molecule has 0 aromatic heterocycles. The van der Waals surface area contributed by atoms with Gasteiger partial charge in [-0.3, -0.25) is 19.2 Å². The van der Waals surface area contributed by atoms with Gasteiger partial charge in [0.1, 0.15) is 24.9 Å². The van der Waals surface area contributed by atoms with Crippen LogP contribution in [0.5, 0.6) is 0 Å². The Morgan fingerprint density at radius 2 is 1.29 bits per heavy atom. The fourth-order valence-electron chi connectivity index (χ4n) is 16.0. The van der Waals surface area contributed by atoms with Crippen LogP contribution < -0.4 is 5.32 Å². The van der Waals surface area contributed by atoms with Crippen LogP contribution >= 0.6 is 0 Å². The third kappa shape index (κ3) is 9.62. The minimum atomic E-state index is -1.43. The van der Waals surface area contributed by atoms with Crippen LogP contribution in [0.1, 0.15) is 166 Å². The van der Waals surface area contributed by atoms with E-state index in [1.807, 2.05) is 0 Å². The van der Waals surface area contributed by atoms with Crippen LogP contribution in [0.25, 0.3) is 0 Å². The summed E-state index contributed by atoms with van der Waals surface area (Å²) in [5.41, 5.74) is 1.88. The number of amides is 1. The zero-order valence-corrected chi connectivity index (χ0v) is 40.4. The number of hydrogen-bond acceptors (Lipinski definition) is 12. The Kier molecular flexibility index (Phi) is 15.2. The van der Waals surface area contributed by atoms with Crippen molar-refractivity contribution in [1.29, 1.82) is 0 Å². The number of aliphatic hydroxyl groups excluding tert-OH is 3. The number of carbonyl (C=O) groups is 4. The van der Waals surface area contributed by atoms with E-state index in [2.05, 4.69) is 53.8 Å². The first-order valence-corrected chi connectivity index (χ1v) is 24.5. The van der Waals surface area contributed by atoms with E-state index in [0.29, 0.717) is 51.2 Å². The minimum Gasteiger partial charge on any atom is -0.463 e. The predicted molar refractivity (Wildman–Crippen MR) is 235 cm³/mol. The van der Waals surface area contributed by atoms with E-state index >= 15 is 0 Å². The van der Waals surface area contributed by atoms with Crippen LogP contribution in [-0.2, 0) is 42.9 Å². The van der Waals surface area contributed by atoms with Crippen LogP contribution in [0, 0.1) is 62.6 Å². The SMILES string of the molecule is CC(=O)N[C@H]1[C@H](OCC[C@H](O)[C@H](O)[C@H](O)CCC(C)[C@H]2CC[C@]3(C)[C@H]4CC[C@@H]5[C@@]6(C)CCCC(C)(C)[C@@H]6CC[C@@]5(C)[C@]4(C)CC[C@@H]23)O[C@H](COC(C)=O)[C@@H](OC(C)=O)[C@@H]1OC(C)=O. The maximum absolute atomic E-state index is 12.3. The number of hydrogen-bond donors (Lipinski definition) is 4. The highest BCUT2D eigenvalue weighted by Crippen LogP contribution is 2.78. The molecule has 6 fully saturated rings. The van der Waals surface area contributed by atoms with E-state index in [0.717, 1.165) is 38.0 Å². The normalized spacial score (nSPS) is 42.4. The van der Waals surface area contributed by atoms with Gasteiger partial charge in [0.05, 0.1) is 18.8 Å². The molecule has 0 bridgehead atoms. The predicted octanol–water partition coefficient (Wildman–Crippen LogP) is 7.04. The molecule has 1 heterocycles. The molecule has 1 saturated heterocycles. The molecule has 13 heteroatoms. The maximum atomic E-state index is 12.3. The molecule has 18 atom stereocenters. The van der Waals surface area contributed by atoms with Crippen molar-refractivity contribution in [3.63, 3.8) is 0 Å². The number of nitrogens with one attached hydrogen (secondary N) is 1. The third-order valence-corrected chi connectivity index (χ3v) is 19.0. The number of carbonyl (C=O) groups excluding carboxylic acids is 4. The molecule has 6 aliphatic rings. The smallest absolute Gasteiger partial charge is 0.303 e. The van der Waals surface area contributed by atoms with Gasteiger partial charge in [-0.15, -0.1) is 0 Å². The van der Waals surface area contributed by atoms with Gasteiger partial charge in [0.2, 0.25) is 5.91 Å². The standard InChI is InChI=1S/C50H83NO12/c1-28(33-17-23-47(8)34(33)18-24-49(10)39(47)15-16-40-48(9)22-12-21-46(6,7)38(48)19-25-50(40,49)11)13-14-35(56)42(58)36(57)20-26-59-45-41(51-29(2)52)44(62-32(5)55)43(61-31(4)54)37(63-45)27-60-30(3)53/h28,33-45,56-58H,12-27H2,1-11H3,(H,51,52)/t28?,33-,34+,35-,36+,37-,38+,39-,40-,41-,42-,43-,44-,45-,47+,48+,49-,50-/m1/s1. The highest BCUT2D eigenvalue weighted by atomic mass is 16.7. The Hall–Kier alpha value is -2.32. The molecule has 0 spiro atoms. The van der Waals surface area contributed by atoms with Crippen molar-refractivity contribution in [2.75, 3.05) is 13.2 Å². The largest absolute Gasteiger partial charge is 0.463 e. The van der Waals surface area contributed by atoms with Crippen LogP contribution in [0.2, 0.25) is 0 Å². The van der Waals surface area contributed by atoms with Crippen LogP contribution in [0.15, 0.2) is 0 Å². The molecule has 1 aliphatic heterocycles. The molecular formula is C50H83NO12. The second-order valence-corrected chi connectivity index (χ2v) is 22.9. The van der Waals surface area contributed by atoms with E-state index in [-0.39, 0.29) is 19.6 Å². The fraction of sp³-hybridized carbons (Fsp3) is 0.920. The van der Waals surface area contributed by atoms with Gasteiger partial charge in [-0.05, 0) is 146 Å². The van der Waals surface area contributed by atoms with Crippen molar-refractivity contribution >= 4 is 23.8 Å². The van der Waals surface area contributed by atoms with Crippen molar-refractivity contribution in [3.8, 4) is 0 Å². The molecule has 6 rings (SSSR count). The van der Waals surface area contributed by atoms with Gasteiger partial charge in [0.15, 0.2) is 18.5 Å². The second-order valence-electron chi connectivity index (χ2n) is 22.9. The van der Waals surface area contributed by atoms with Crippen LogP contribution in [0.3, 0.4) is 0 Å².